The van der Waals surface area contributed by atoms with Gasteiger partial charge in [-0.25, -0.2) is 0 Å². The number of hydrogen-bond acceptors (Lipinski definition) is 3. The number of para-hydroxylation sites is 1. The third-order valence-corrected chi connectivity index (χ3v) is 2.88. The van der Waals surface area contributed by atoms with Gasteiger partial charge >= 0.3 is 0 Å². The van der Waals surface area contributed by atoms with E-state index in [1.807, 2.05) is 38.1 Å². The van der Waals surface area contributed by atoms with Gasteiger partial charge in [0.25, 0.3) is 0 Å². The van der Waals surface area contributed by atoms with Gasteiger partial charge in [0.1, 0.15) is 5.75 Å². The normalized spacial score (nSPS) is 23.1. The summed E-state index contributed by atoms with van der Waals surface area (Å²) in [6.45, 7) is 3.79. The van der Waals surface area contributed by atoms with Gasteiger partial charge in [-0.15, -0.1) is 0 Å². The molecule has 2 rings (SSSR count). The van der Waals surface area contributed by atoms with Crippen LogP contribution in [0, 0.1) is 5.41 Å². The van der Waals surface area contributed by atoms with Crippen LogP contribution in [0.3, 0.4) is 0 Å². The summed E-state index contributed by atoms with van der Waals surface area (Å²) in [7, 11) is 1.80. The number of ketones is 1. The van der Waals surface area contributed by atoms with Gasteiger partial charge in [0.05, 0.1) is 11.0 Å². The highest BCUT2D eigenvalue weighted by molar-refractivity contribution is 6.03. The Kier molecular flexibility index (Phi) is 2.27. The van der Waals surface area contributed by atoms with Gasteiger partial charge in [0.2, 0.25) is 0 Å². The fraction of sp³-hybridized carbons (Fsp3) is 0.417. The number of carbonyl (C=O) groups is 1. The summed E-state index contributed by atoms with van der Waals surface area (Å²) in [5, 5.41) is 3.02. The summed E-state index contributed by atoms with van der Waals surface area (Å²) in [6, 6.07) is 7.37. The molecule has 0 amide bonds. The van der Waals surface area contributed by atoms with Crippen LogP contribution >= 0.6 is 0 Å². The van der Waals surface area contributed by atoms with E-state index in [4.69, 9.17) is 4.74 Å². The first kappa shape index (κ1) is 10.2. The molecule has 0 bridgehead atoms. The molecule has 1 aromatic carbocycles. The average Bonchev–Trinajstić information content (AvgIpc) is 2.23. The lowest BCUT2D eigenvalue weighted by atomic mass is 9.80. The molecule has 1 aliphatic heterocycles. The molecule has 1 atom stereocenters. The predicted octanol–water partition coefficient (Wildman–Crippen LogP) is 1.83. The number of rotatable bonds is 1. The maximum Gasteiger partial charge on any atom is 0.177 e. The molecule has 3 nitrogen and oxygen atoms in total. The highest BCUT2D eigenvalue weighted by Crippen LogP contribution is 2.36. The third kappa shape index (κ3) is 1.43. The lowest BCUT2D eigenvalue weighted by Crippen LogP contribution is -2.51. The minimum Gasteiger partial charge on any atom is -0.474 e. The summed E-state index contributed by atoms with van der Waals surface area (Å²) < 4.78 is 5.73. The minimum atomic E-state index is -0.525. The van der Waals surface area contributed by atoms with E-state index in [1.54, 1.807) is 7.05 Å². The molecule has 1 aliphatic rings. The first-order valence-corrected chi connectivity index (χ1v) is 5.05. The number of hydrogen-bond donors (Lipinski definition) is 1. The van der Waals surface area contributed by atoms with Gasteiger partial charge in [-0.3, -0.25) is 10.1 Å². The maximum atomic E-state index is 12.2. The van der Waals surface area contributed by atoms with Crippen LogP contribution in [0.2, 0.25) is 0 Å². The van der Waals surface area contributed by atoms with Crippen LogP contribution in [-0.4, -0.2) is 19.1 Å². The van der Waals surface area contributed by atoms with Crippen molar-refractivity contribution >= 4 is 5.78 Å². The largest absolute Gasteiger partial charge is 0.474 e. The molecule has 0 fully saturated rings. The smallest absolute Gasteiger partial charge is 0.177 e. The van der Waals surface area contributed by atoms with Crippen molar-refractivity contribution in [2.45, 2.75) is 20.1 Å². The summed E-state index contributed by atoms with van der Waals surface area (Å²) >= 11 is 0. The summed E-state index contributed by atoms with van der Waals surface area (Å²) in [5.74, 6) is 0.796. The molecular weight excluding hydrogens is 190 g/mol. The van der Waals surface area contributed by atoms with Crippen molar-refractivity contribution in [2.24, 2.45) is 5.41 Å². The van der Waals surface area contributed by atoms with E-state index < -0.39 is 5.41 Å². The highest BCUT2D eigenvalue weighted by Gasteiger charge is 2.43. The average molecular weight is 205 g/mol. The third-order valence-electron chi connectivity index (χ3n) is 2.88. The number of carbonyl (C=O) groups excluding carboxylic acids is 1. The van der Waals surface area contributed by atoms with Crippen molar-refractivity contribution in [3.8, 4) is 5.75 Å². The van der Waals surface area contributed by atoms with E-state index in [-0.39, 0.29) is 12.0 Å². The molecule has 80 valence electrons. The zero-order valence-electron chi connectivity index (χ0n) is 9.20. The second kappa shape index (κ2) is 3.35. The number of benzene rings is 1. The Morgan fingerprint density at radius 2 is 2.00 bits per heavy atom. The SMILES string of the molecule is CNC1Oc2ccccc2C(=O)C1(C)C. The summed E-state index contributed by atoms with van der Waals surface area (Å²) in [6.07, 6.45) is -0.264. The maximum absolute atomic E-state index is 12.2. The quantitative estimate of drug-likeness (QED) is 0.760. The van der Waals surface area contributed by atoms with Crippen LogP contribution in [0.1, 0.15) is 24.2 Å². The molecule has 0 aliphatic carbocycles. The Morgan fingerprint density at radius 3 is 2.67 bits per heavy atom. The molecule has 0 spiro atoms. The first-order valence-electron chi connectivity index (χ1n) is 5.05. The zero-order chi connectivity index (χ0) is 11.1. The highest BCUT2D eigenvalue weighted by atomic mass is 16.5. The Morgan fingerprint density at radius 1 is 1.33 bits per heavy atom. The molecule has 1 heterocycles. The molecule has 0 saturated heterocycles. The lowest BCUT2D eigenvalue weighted by molar-refractivity contribution is 0.0289. The van der Waals surface area contributed by atoms with E-state index in [9.17, 15) is 4.79 Å². The minimum absolute atomic E-state index is 0.128. The molecule has 0 aromatic heterocycles. The van der Waals surface area contributed by atoms with Crippen LogP contribution in [0.4, 0.5) is 0 Å². The van der Waals surface area contributed by atoms with Crippen molar-refractivity contribution < 1.29 is 9.53 Å². The lowest BCUT2D eigenvalue weighted by Gasteiger charge is -2.37. The van der Waals surface area contributed by atoms with Crippen LogP contribution in [-0.2, 0) is 0 Å². The summed E-state index contributed by atoms with van der Waals surface area (Å²) in [4.78, 5) is 12.2. The van der Waals surface area contributed by atoms with Crippen molar-refractivity contribution in [3.63, 3.8) is 0 Å². The Hall–Kier alpha value is -1.35. The second-order valence-corrected chi connectivity index (χ2v) is 4.33. The monoisotopic (exact) mass is 205 g/mol. The predicted molar refractivity (Wildman–Crippen MR) is 58.0 cm³/mol. The topological polar surface area (TPSA) is 38.3 Å². The van der Waals surface area contributed by atoms with Gasteiger partial charge in [-0.1, -0.05) is 12.1 Å². The summed E-state index contributed by atoms with van der Waals surface area (Å²) in [5.41, 5.74) is 0.150. The van der Waals surface area contributed by atoms with Gasteiger partial charge in [0.15, 0.2) is 12.0 Å². The van der Waals surface area contributed by atoms with Gasteiger partial charge in [-0.2, -0.15) is 0 Å². The first-order chi connectivity index (χ1) is 7.07. The standard InChI is InChI=1S/C12H15NO2/c1-12(2)10(14)8-6-4-5-7-9(8)15-11(12)13-3/h4-7,11,13H,1-3H3. The molecular formula is C12H15NO2. The van der Waals surface area contributed by atoms with Crippen LogP contribution in [0.15, 0.2) is 24.3 Å². The fourth-order valence-electron chi connectivity index (χ4n) is 1.92. The molecule has 1 aromatic rings. The van der Waals surface area contributed by atoms with E-state index >= 15 is 0 Å². The molecule has 1 N–H and O–H groups in total. The van der Waals surface area contributed by atoms with Crippen LogP contribution in [0.25, 0.3) is 0 Å². The molecule has 3 heteroatoms. The van der Waals surface area contributed by atoms with Crippen molar-refractivity contribution in [1.29, 1.82) is 0 Å². The number of Topliss-reactive ketones (excluding diaryl/α,β-unsaturated/α-hetero) is 1. The van der Waals surface area contributed by atoms with Crippen LogP contribution in [0.5, 0.6) is 5.75 Å². The Balaban J connectivity index is 2.51. The fourth-order valence-corrected chi connectivity index (χ4v) is 1.92. The van der Waals surface area contributed by atoms with E-state index in [2.05, 4.69) is 5.32 Å². The Labute approximate surface area is 89.4 Å². The van der Waals surface area contributed by atoms with Crippen LogP contribution < -0.4 is 10.1 Å². The molecule has 0 saturated carbocycles. The van der Waals surface area contributed by atoms with Crippen molar-refractivity contribution in [2.75, 3.05) is 7.05 Å². The number of fused-ring (bicyclic) bond motifs is 1. The Bertz CT molecular complexity index is 398. The number of nitrogens with one attached hydrogen (secondary N) is 1. The van der Waals surface area contributed by atoms with Gasteiger partial charge in [0, 0.05) is 0 Å². The zero-order valence-corrected chi connectivity index (χ0v) is 9.20. The molecule has 0 radical (unpaired) electrons. The van der Waals surface area contributed by atoms with Gasteiger partial charge in [-0.05, 0) is 33.0 Å². The second-order valence-electron chi connectivity index (χ2n) is 4.33. The van der Waals surface area contributed by atoms with Gasteiger partial charge < -0.3 is 4.74 Å². The van der Waals surface area contributed by atoms with Crippen molar-refractivity contribution in [3.05, 3.63) is 29.8 Å². The molecule has 1 unspecified atom stereocenters. The molecule has 15 heavy (non-hydrogen) atoms. The number of ether oxygens (including phenoxy) is 1. The van der Waals surface area contributed by atoms with E-state index in [0.717, 1.165) is 0 Å². The van der Waals surface area contributed by atoms with E-state index in [0.29, 0.717) is 11.3 Å². The van der Waals surface area contributed by atoms with E-state index in [1.165, 1.54) is 0 Å². The van der Waals surface area contributed by atoms with Crippen molar-refractivity contribution in [1.82, 2.24) is 5.32 Å².